The molecule has 3 aromatic carbocycles. The first-order valence-electron chi connectivity index (χ1n) is 8.50. The third-order valence-corrected chi connectivity index (χ3v) is 4.63. The molecule has 0 bridgehead atoms. The molecule has 136 valence electrons. The van der Waals surface area contributed by atoms with E-state index in [0.29, 0.717) is 5.56 Å². The van der Waals surface area contributed by atoms with Gasteiger partial charge in [0.25, 0.3) is 11.8 Å². The van der Waals surface area contributed by atoms with Crippen LogP contribution in [0.1, 0.15) is 52.6 Å². The van der Waals surface area contributed by atoms with Gasteiger partial charge in [-0.3, -0.25) is 19.2 Å². The summed E-state index contributed by atoms with van der Waals surface area (Å²) in [6.45, 7) is 0. The lowest BCUT2D eigenvalue weighted by atomic mass is 9.82. The lowest BCUT2D eigenvalue weighted by Gasteiger charge is -2.22. The van der Waals surface area contributed by atoms with Gasteiger partial charge in [-0.05, 0) is 24.3 Å². The number of nitrogens with one attached hydrogen (secondary N) is 1. The number of carbonyl (C=O) groups excluding carboxylic acids is 4. The summed E-state index contributed by atoms with van der Waals surface area (Å²) < 4.78 is 0. The summed E-state index contributed by atoms with van der Waals surface area (Å²) in [5.41, 5.74) is 6.30. The number of rotatable bonds is 3. The van der Waals surface area contributed by atoms with E-state index in [1.165, 1.54) is 18.2 Å². The van der Waals surface area contributed by atoms with Crippen LogP contribution in [0, 0.1) is 0 Å². The van der Waals surface area contributed by atoms with E-state index >= 15 is 0 Å². The monoisotopic (exact) mass is 370 g/mol. The van der Waals surface area contributed by atoms with Crippen LogP contribution < -0.4 is 11.1 Å². The van der Waals surface area contributed by atoms with Crippen LogP contribution in [0.3, 0.4) is 0 Å². The SMILES string of the molecule is NC(=O)c1ccc2c(c1NC(=O)c1ccccc1)C(=O)c1ccccc1C2=O. The normalized spacial score (nSPS) is 12.1. The fourth-order valence-corrected chi connectivity index (χ4v) is 3.30. The summed E-state index contributed by atoms with van der Waals surface area (Å²) in [5, 5.41) is 2.61. The Bertz CT molecular complexity index is 1170. The first-order valence-corrected chi connectivity index (χ1v) is 8.50. The number of amides is 2. The van der Waals surface area contributed by atoms with Crippen LogP contribution in [0.15, 0.2) is 66.7 Å². The van der Waals surface area contributed by atoms with Crippen LogP contribution in [-0.2, 0) is 0 Å². The minimum Gasteiger partial charge on any atom is -0.366 e. The highest BCUT2D eigenvalue weighted by atomic mass is 16.2. The zero-order valence-corrected chi connectivity index (χ0v) is 14.6. The van der Waals surface area contributed by atoms with E-state index in [1.54, 1.807) is 48.5 Å². The largest absolute Gasteiger partial charge is 0.366 e. The number of fused-ring (bicyclic) bond motifs is 2. The van der Waals surface area contributed by atoms with Crippen LogP contribution in [0.4, 0.5) is 5.69 Å². The molecule has 2 amide bonds. The van der Waals surface area contributed by atoms with E-state index in [4.69, 9.17) is 5.73 Å². The quantitative estimate of drug-likeness (QED) is 0.578. The van der Waals surface area contributed by atoms with Gasteiger partial charge in [0.1, 0.15) is 0 Å². The van der Waals surface area contributed by atoms with Gasteiger partial charge in [-0.1, -0.05) is 42.5 Å². The predicted octanol–water partition coefficient (Wildman–Crippen LogP) is 2.81. The first-order chi connectivity index (χ1) is 13.5. The van der Waals surface area contributed by atoms with E-state index in [1.807, 2.05) is 0 Å². The van der Waals surface area contributed by atoms with Crippen LogP contribution in [0.5, 0.6) is 0 Å². The smallest absolute Gasteiger partial charge is 0.255 e. The second-order valence-electron chi connectivity index (χ2n) is 6.30. The lowest BCUT2D eigenvalue weighted by molar-refractivity contribution is 0.0976. The minimum atomic E-state index is -0.815. The molecule has 0 heterocycles. The molecule has 28 heavy (non-hydrogen) atoms. The van der Waals surface area contributed by atoms with Crippen molar-refractivity contribution in [2.75, 3.05) is 5.32 Å². The van der Waals surface area contributed by atoms with Gasteiger partial charge in [0.2, 0.25) is 0 Å². The van der Waals surface area contributed by atoms with Gasteiger partial charge < -0.3 is 11.1 Å². The van der Waals surface area contributed by atoms with Crippen molar-refractivity contribution in [2.45, 2.75) is 0 Å². The third kappa shape index (κ3) is 2.68. The number of benzene rings is 3. The molecule has 0 saturated carbocycles. The van der Waals surface area contributed by atoms with Crippen LogP contribution in [0.25, 0.3) is 0 Å². The van der Waals surface area contributed by atoms with E-state index in [0.717, 1.165) is 0 Å². The van der Waals surface area contributed by atoms with Gasteiger partial charge in [-0.2, -0.15) is 0 Å². The summed E-state index contributed by atoms with van der Waals surface area (Å²) in [4.78, 5) is 50.6. The Morgan fingerprint density at radius 3 is 1.96 bits per heavy atom. The topological polar surface area (TPSA) is 106 Å². The average molecular weight is 370 g/mol. The van der Waals surface area contributed by atoms with Gasteiger partial charge in [0.05, 0.1) is 16.8 Å². The number of hydrogen-bond donors (Lipinski definition) is 2. The molecule has 6 nitrogen and oxygen atoms in total. The summed E-state index contributed by atoms with van der Waals surface area (Å²) in [6.07, 6.45) is 0. The van der Waals surface area contributed by atoms with Gasteiger partial charge >= 0.3 is 0 Å². The number of anilines is 1. The highest BCUT2D eigenvalue weighted by Gasteiger charge is 2.33. The molecule has 6 heteroatoms. The van der Waals surface area contributed by atoms with Crippen LogP contribution >= 0.6 is 0 Å². The molecule has 1 aliphatic rings. The van der Waals surface area contributed by atoms with Crippen molar-refractivity contribution in [1.29, 1.82) is 0 Å². The third-order valence-electron chi connectivity index (χ3n) is 4.63. The zero-order valence-electron chi connectivity index (χ0n) is 14.6. The highest BCUT2D eigenvalue weighted by Crippen LogP contribution is 2.34. The summed E-state index contributed by atoms with van der Waals surface area (Å²) in [7, 11) is 0. The molecule has 0 radical (unpaired) electrons. The Labute approximate surface area is 160 Å². The molecule has 3 aromatic rings. The van der Waals surface area contributed by atoms with Crippen molar-refractivity contribution in [3.8, 4) is 0 Å². The Balaban J connectivity index is 1.91. The molecular formula is C22H14N2O4. The fourth-order valence-electron chi connectivity index (χ4n) is 3.30. The van der Waals surface area contributed by atoms with E-state index in [9.17, 15) is 19.2 Å². The Morgan fingerprint density at radius 2 is 1.32 bits per heavy atom. The number of primary amides is 1. The fraction of sp³-hybridized carbons (Fsp3) is 0. The van der Waals surface area contributed by atoms with E-state index < -0.39 is 17.6 Å². The molecule has 3 N–H and O–H groups in total. The molecule has 0 unspecified atom stereocenters. The summed E-state index contributed by atoms with van der Waals surface area (Å²) in [6, 6.07) is 17.5. The molecule has 1 aliphatic carbocycles. The molecule has 4 rings (SSSR count). The Kier molecular flexibility index (Phi) is 4.08. The number of carbonyl (C=O) groups is 4. The second kappa shape index (κ2) is 6.59. The van der Waals surface area contributed by atoms with Crippen molar-refractivity contribution in [1.82, 2.24) is 0 Å². The van der Waals surface area contributed by atoms with Gasteiger partial charge in [0, 0.05) is 22.3 Å². The maximum absolute atomic E-state index is 13.1. The standard InChI is InChI=1S/C22H14N2O4/c23-21(27)16-11-10-15-17(18(16)24-22(28)12-6-2-1-3-7-12)20(26)14-9-5-4-8-13(14)19(15)25/h1-11H,(H2,23,27)(H,24,28). The Morgan fingerprint density at radius 1 is 0.714 bits per heavy atom. The highest BCUT2D eigenvalue weighted by molar-refractivity contribution is 6.32. The van der Waals surface area contributed by atoms with Crippen LogP contribution in [-0.4, -0.2) is 23.4 Å². The molecule has 0 spiro atoms. The van der Waals surface area contributed by atoms with Crippen molar-refractivity contribution < 1.29 is 19.2 Å². The van der Waals surface area contributed by atoms with Gasteiger partial charge in [0.15, 0.2) is 11.6 Å². The van der Waals surface area contributed by atoms with E-state index in [2.05, 4.69) is 5.32 Å². The first kappa shape index (κ1) is 17.4. The van der Waals surface area contributed by atoms with Crippen molar-refractivity contribution in [2.24, 2.45) is 5.73 Å². The Hall–Kier alpha value is -4.06. The predicted molar refractivity (Wildman–Crippen MR) is 103 cm³/mol. The minimum absolute atomic E-state index is 0.0238. The molecule has 0 aliphatic heterocycles. The number of ketones is 2. The van der Waals surface area contributed by atoms with E-state index in [-0.39, 0.29) is 39.3 Å². The maximum atomic E-state index is 13.1. The lowest BCUT2D eigenvalue weighted by Crippen LogP contribution is -2.27. The molecular weight excluding hydrogens is 356 g/mol. The maximum Gasteiger partial charge on any atom is 0.255 e. The average Bonchev–Trinajstić information content (AvgIpc) is 2.72. The molecule has 0 fully saturated rings. The van der Waals surface area contributed by atoms with Crippen molar-refractivity contribution in [3.63, 3.8) is 0 Å². The van der Waals surface area contributed by atoms with Crippen LogP contribution in [0.2, 0.25) is 0 Å². The number of nitrogens with two attached hydrogens (primary N) is 1. The number of hydrogen-bond acceptors (Lipinski definition) is 4. The van der Waals surface area contributed by atoms with Gasteiger partial charge in [-0.15, -0.1) is 0 Å². The van der Waals surface area contributed by atoms with Crippen molar-refractivity contribution >= 4 is 29.1 Å². The molecule has 0 saturated heterocycles. The molecule has 0 atom stereocenters. The summed E-state index contributed by atoms with van der Waals surface area (Å²) in [5.74, 6) is -2.13. The zero-order chi connectivity index (χ0) is 19.8. The second-order valence-corrected chi connectivity index (χ2v) is 6.30. The van der Waals surface area contributed by atoms with Gasteiger partial charge in [-0.25, -0.2) is 0 Å². The summed E-state index contributed by atoms with van der Waals surface area (Å²) >= 11 is 0. The molecule has 0 aromatic heterocycles. The van der Waals surface area contributed by atoms with Crippen molar-refractivity contribution in [3.05, 3.63) is 100 Å².